The number of morpholine rings is 1. The van der Waals surface area contributed by atoms with Crippen molar-refractivity contribution in [2.75, 3.05) is 38.6 Å². The van der Waals surface area contributed by atoms with Gasteiger partial charge in [0.25, 0.3) is 0 Å². The molecule has 0 aliphatic carbocycles. The molecule has 24 heavy (non-hydrogen) atoms. The standard InChI is InChI=1S/C17H19N3OS3/c1-12-18-16(23-10-6-20-4-7-21-8-5-20)15-13(11-24-17(15)19-12)14-3-2-9-22-14/h2-3,9,11H,4-8,10H2,1H3. The van der Waals surface area contributed by atoms with Gasteiger partial charge >= 0.3 is 0 Å². The van der Waals surface area contributed by atoms with E-state index in [1.807, 2.05) is 18.7 Å². The average Bonchev–Trinajstić information content (AvgIpc) is 3.24. The van der Waals surface area contributed by atoms with Crippen molar-refractivity contribution in [2.24, 2.45) is 0 Å². The van der Waals surface area contributed by atoms with Crippen LogP contribution in [0.4, 0.5) is 0 Å². The minimum Gasteiger partial charge on any atom is -0.379 e. The topological polar surface area (TPSA) is 38.2 Å². The summed E-state index contributed by atoms with van der Waals surface area (Å²) in [6.07, 6.45) is 0. The zero-order valence-corrected chi connectivity index (χ0v) is 16.0. The van der Waals surface area contributed by atoms with Gasteiger partial charge in [-0.25, -0.2) is 9.97 Å². The lowest BCUT2D eigenvalue weighted by Gasteiger charge is -2.26. The van der Waals surface area contributed by atoms with Crippen molar-refractivity contribution in [3.05, 3.63) is 28.7 Å². The Kier molecular flexibility index (Phi) is 5.14. The zero-order valence-electron chi connectivity index (χ0n) is 13.5. The molecule has 4 nitrogen and oxygen atoms in total. The fourth-order valence-electron chi connectivity index (χ4n) is 2.83. The van der Waals surface area contributed by atoms with E-state index in [0.717, 1.165) is 54.3 Å². The first-order valence-corrected chi connectivity index (χ1v) is 10.8. The van der Waals surface area contributed by atoms with Crippen molar-refractivity contribution in [1.29, 1.82) is 0 Å². The largest absolute Gasteiger partial charge is 0.379 e. The van der Waals surface area contributed by atoms with E-state index in [4.69, 9.17) is 9.72 Å². The van der Waals surface area contributed by atoms with Gasteiger partial charge in [0.15, 0.2) is 0 Å². The molecular formula is C17H19N3OS3. The van der Waals surface area contributed by atoms with E-state index in [2.05, 4.69) is 32.8 Å². The van der Waals surface area contributed by atoms with Crippen LogP contribution in [0, 0.1) is 6.92 Å². The Balaban J connectivity index is 1.58. The lowest BCUT2D eigenvalue weighted by atomic mass is 10.2. The van der Waals surface area contributed by atoms with E-state index in [9.17, 15) is 0 Å². The van der Waals surface area contributed by atoms with Crippen LogP contribution in [-0.4, -0.2) is 53.5 Å². The van der Waals surface area contributed by atoms with Gasteiger partial charge in [-0.05, 0) is 18.4 Å². The molecule has 0 N–H and O–H groups in total. The quantitative estimate of drug-likeness (QED) is 0.493. The molecule has 0 radical (unpaired) electrons. The van der Waals surface area contributed by atoms with E-state index in [-0.39, 0.29) is 0 Å². The van der Waals surface area contributed by atoms with Gasteiger partial charge in [-0.2, -0.15) is 0 Å². The molecule has 126 valence electrons. The number of thioether (sulfide) groups is 1. The van der Waals surface area contributed by atoms with Gasteiger partial charge in [0.05, 0.1) is 18.6 Å². The van der Waals surface area contributed by atoms with Crippen molar-refractivity contribution in [3.8, 4) is 10.4 Å². The third-order valence-electron chi connectivity index (χ3n) is 4.05. The molecular weight excluding hydrogens is 358 g/mol. The molecule has 0 aromatic carbocycles. The first kappa shape index (κ1) is 16.5. The van der Waals surface area contributed by atoms with E-state index >= 15 is 0 Å². The summed E-state index contributed by atoms with van der Waals surface area (Å²) in [7, 11) is 0. The second kappa shape index (κ2) is 7.49. The number of fused-ring (bicyclic) bond motifs is 1. The van der Waals surface area contributed by atoms with Crippen LogP contribution in [0.1, 0.15) is 5.82 Å². The van der Waals surface area contributed by atoms with Crippen LogP contribution in [-0.2, 0) is 4.74 Å². The lowest BCUT2D eigenvalue weighted by Crippen LogP contribution is -2.37. The van der Waals surface area contributed by atoms with Crippen LogP contribution in [0.3, 0.4) is 0 Å². The molecule has 1 saturated heterocycles. The van der Waals surface area contributed by atoms with Crippen LogP contribution in [0.15, 0.2) is 27.9 Å². The summed E-state index contributed by atoms with van der Waals surface area (Å²) in [6.45, 7) is 6.85. The molecule has 0 bridgehead atoms. The molecule has 1 fully saturated rings. The molecule has 0 amide bonds. The highest BCUT2D eigenvalue weighted by Gasteiger charge is 2.16. The number of rotatable bonds is 5. The van der Waals surface area contributed by atoms with Gasteiger partial charge in [0, 0.05) is 41.2 Å². The summed E-state index contributed by atoms with van der Waals surface area (Å²) < 4.78 is 5.42. The summed E-state index contributed by atoms with van der Waals surface area (Å²) in [6, 6.07) is 4.28. The highest BCUT2D eigenvalue weighted by atomic mass is 32.2. The average molecular weight is 378 g/mol. The van der Waals surface area contributed by atoms with Crippen molar-refractivity contribution >= 4 is 44.7 Å². The van der Waals surface area contributed by atoms with Crippen LogP contribution >= 0.6 is 34.4 Å². The Morgan fingerprint density at radius 2 is 2.12 bits per heavy atom. The summed E-state index contributed by atoms with van der Waals surface area (Å²) in [5.74, 6) is 1.90. The maximum absolute atomic E-state index is 5.42. The molecule has 0 unspecified atom stereocenters. The Bertz CT molecular complexity index is 810. The smallest absolute Gasteiger partial charge is 0.128 e. The highest BCUT2D eigenvalue weighted by Crippen LogP contribution is 2.39. The second-order valence-electron chi connectivity index (χ2n) is 5.69. The maximum Gasteiger partial charge on any atom is 0.128 e. The molecule has 4 heterocycles. The van der Waals surface area contributed by atoms with E-state index in [1.54, 1.807) is 22.7 Å². The van der Waals surface area contributed by atoms with Crippen LogP contribution in [0.2, 0.25) is 0 Å². The number of thiophene rings is 2. The number of ether oxygens (including phenoxy) is 1. The van der Waals surface area contributed by atoms with E-state index in [0.29, 0.717) is 0 Å². The van der Waals surface area contributed by atoms with Gasteiger partial charge in [-0.15, -0.1) is 34.4 Å². The summed E-state index contributed by atoms with van der Waals surface area (Å²) in [4.78, 5) is 14.2. The predicted molar refractivity (Wildman–Crippen MR) is 103 cm³/mol. The Labute approximate surface area is 153 Å². The predicted octanol–water partition coefficient (Wildman–Crippen LogP) is 4.15. The van der Waals surface area contributed by atoms with E-state index < -0.39 is 0 Å². The van der Waals surface area contributed by atoms with Gasteiger partial charge in [-0.1, -0.05) is 6.07 Å². The van der Waals surface area contributed by atoms with Gasteiger partial charge < -0.3 is 4.74 Å². The molecule has 4 rings (SSSR count). The van der Waals surface area contributed by atoms with Crippen molar-refractivity contribution in [1.82, 2.24) is 14.9 Å². The Hall–Kier alpha value is -0.990. The van der Waals surface area contributed by atoms with Gasteiger partial charge in [0.2, 0.25) is 0 Å². The number of hydrogen-bond acceptors (Lipinski definition) is 7. The van der Waals surface area contributed by atoms with Crippen LogP contribution in [0.5, 0.6) is 0 Å². The number of nitrogens with zero attached hydrogens (tertiary/aromatic N) is 3. The molecule has 1 aliphatic rings. The number of aromatic nitrogens is 2. The van der Waals surface area contributed by atoms with E-state index in [1.165, 1.54) is 15.8 Å². The Morgan fingerprint density at radius 1 is 1.25 bits per heavy atom. The third-order valence-corrected chi connectivity index (χ3v) is 6.78. The van der Waals surface area contributed by atoms with Gasteiger partial charge in [-0.3, -0.25) is 4.90 Å². The molecule has 0 atom stereocenters. The third kappa shape index (κ3) is 3.50. The summed E-state index contributed by atoms with van der Waals surface area (Å²) >= 11 is 5.34. The second-order valence-corrected chi connectivity index (χ2v) is 8.57. The zero-order chi connectivity index (χ0) is 16.4. The first-order chi connectivity index (χ1) is 11.8. The van der Waals surface area contributed by atoms with Crippen molar-refractivity contribution < 1.29 is 4.74 Å². The molecule has 7 heteroatoms. The fourth-order valence-corrected chi connectivity index (χ4v) is 5.79. The molecule has 0 spiro atoms. The molecule has 3 aromatic rings. The SMILES string of the molecule is Cc1nc(SCCN2CCOCC2)c2c(-c3cccs3)csc2n1. The normalized spacial score (nSPS) is 16.0. The minimum atomic E-state index is 0.856. The molecule has 3 aromatic heterocycles. The first-order valence-electron chi connectivity index (χ1n) is 8.04. The number of aryl methyl sites for hydroxylation is 1. The monoisotopic (exact) mass is 377 g/mol. The van der Waals surface area contributed by atoms with Crippen molar-refractivity contribution in [2.45, 2.75) is 11.9 Å². The lowest BCUT2D eigenvalue weighted by molar-refractivity contribution is 0.0410. The Morgan fingerprint density at radius 3 is 2.92 bits per heavy atom. The fraction of sp³-hybridized carbons (Fsp3) is 0.412. The van der Waals surface area contributed by atoms with Crippen molar-refractivity contribution in [3.63, 3.8) is 0 Å². The molecule has 1 aliphatic heterocycles. The highest BCUT2D eigenvalue weighted by molar-refractivity contribution is 7.99. The number of hydrogen-bond donors (Lipinski definition) is 0. The van der Waals surface area contributed by atoms with Gasteiger partial charge in [0.1, 0.15) is 15.7 Å². The summed E-state index contributed by atoms with van der Waals surface area (Å²) in [5.41, 5.74) is 1.28. The van der Waals surface area contributed by atoms with Crippen LogP contribution in [0.25, 0.3) is 20.7 Å². The minimum absolute atomic E-state index is 0.856. The summed E-state index contributed by atoms with van der Waals surface area (Å²) in [5, 5.41) is 6.69. The maximum atomic E-state index is 5.42. The molecule has 0 saturated carbocycles. The van der Waals surface area contributed by atoms with Crippen LogP contribution < -0.4 is 0 Å².